The minimum Gasteiger partial charge on any atom is -0.382 e. The molecule has 2 rings (SSSR count). The molecule has 1 aromatic heterocycles. The van der Waals surface area contributed by atoms with E-state index in [0.29, 0.717) is 25.2 Å². The van der Waals surface area contributed by atoms with Crippen molar-refractivity contribution in [2.75, 3.05) is 20.3 Å². The molecule has 3 amide bonds. The SMILES string of the molecule is CC[C@H](C)[C@H](NC(=O)[C@H](COC)NC(=O)c1cc(C)on1)C(=O)N[C@@H](CC(C)C)C(=O)[C@]1(C)CO1. The number of aryl methyl sites for hydroxylation is 1. The van der Waals surface area contributed by atoms with Crippen molar-refractivity contribution in [1.82, 2.24) is 21.1 Å². The zero-order valence-electron chi connectivity index (χ0n) is 21.6. The van der Waals surface area contributed by atoms with Crippen molar-refractivity contribution in [2.24, 2.45) is 11.8 Å². The van der Waals surface area contributed by atoms with E-state index in [9.17, 15) is 19.2 Å². The van der Waals surface area contributed by atoms with Crippen LogP contribution in [0.2, 0.25) is 0 Å². The molecule has 196 valence electrons. The fourth-order valence-corrected chi connectivity index (χ4v) is 3.59. The van der Waals surface area contributed by atoms with Gasteiger partial charge in [-0.2, -0.15) is 0 Å². The van der Waals surface area contributed by atoms with Crippen LogP contribution in [0.3, 0.4) is 0 Å². The number of carbonyl (C=O) groups is 4. The number of nitrogens with one attached hydrogen (secondary N) is 3. The topological polar surface area (TPSA) is 152 Å². The van der Waals surface area contributed by atoms with Crippen molar-refractivity contribution in [3.8, 4) is 0 Å². The number of Topliss-reactive ketones (excluding diaryl/α,β-unsaturated/α-hetero) is 1. The lowest BCUT2D eigenvalue weighted by molar-refractivity contribution is -0.134. The van der Waals surface area contributed by atoms with Crippen LogP contribution in [-0.2, 0) is 23.9 Å². The van der Waals surface area contributed by atoms with Gasteiger partial charge in [0, 0.05) is 13.2 Å². The van der Waals surface area contributed by atoms with Crippen LogP contribution in [0.5, 0.6) is 0 Å². The molecule has 5 atom stereocenters. The molecule has 1 saturated heterocycles. The van der Waals surface area contributed by atoms with Crippen molar-refractivity contribution < 1.29 is 33.2 Å². The fraction of sp³-hybridized carbons (Fsp3) is 0.708. The molecule has 1 aromatic rings. The number of epoxide rings is 1. The molecular weight excluding hydrogens is 456 g/mol. The third-order valence-electron chi connectivity index (χ3n) is 6.05. The predicted octanol–water partition coefficient (Wildman–Crippen LogP) is 1.15. The molecule has 11 heteroatoms. The number of hydrogen-bond acceptors (Lipinski definition) is 8. The average molecular weight is 495 g/mol. The Morgan fingerprint density at radius 3 is 2.26 bits per heavy atom. The van der Waals surface area contributed by atoms with Crippen molar-refractivity contribution in [2.45, 2.75) is 78.1 Å². The van der Waals surface area contributed by atoms with Crippen LogP contribution in [0.15, 0.2) is 10.6 Å². The molecule has 1 aliphatic heterocycles. The van der Waals surface area contributed by atoms with Gasteiger partial charge >= 0.3 is 0 Å². The highest BCUT2D eigenvalue weighted by molar-refractivity contribution is 5.99. The zero-order valence-corrected chi connectivity index (χ0v) is 21.6. The summed E-state index contributed by atoms with van der Waals surface area (Å²) >= 11 is 0. The second kappa shape index (κ2) is 12.3. The maximum Gasteiger partial charge on any atom is 0.274 e. The number of aromatic nitrogens is 1. The van der Waals surface area contributed by atoms with Crippen LogP contribution in [0.4, 0.5) is 0 Å². The summed E-state index contributed by atoms with van der Waals surface area (Å²) in [7, 11) is 1.40. The Hall–Kier alpha value is -2.79. The Morgan fingerprint density at radius 1 is 1.11 bits per heavy atom. The molecule has 0 spiro atoms. The Bertz CT molecular complexity index is 909. The van der Waals surface area contributed by atoms with E-state index in [1.165, 1.54) is 13.2 Å². The van der Waals surface area contributed by atoms with Gasteiger partial charge in [0.2, 0.25) is 11.8 Å². The van der Waals surface area contributed by atoms with Crippen molar-refractivity contribution in [3.63, 3.8) is 0 Å². The van der Waals surface area contributed by atoms with Gasteiger partial charge < -0.3 is 29.9 Å². The lowest BCUT2D eigenvalue weighted by Gasteiger charge is -2.29. The van der Waals surface area contributed by atoms with Gasteiger partial charge in [-0.3, -0.25) is 19.2 Å². The Labute approximate surface area is 206 Å². The highest BCUT2D eigenvalue weighted by atomic mass is 16.6. The number of carbonyl (C=O) groups excluding carboxylic acids is 4. The number of rotatable bonds is 14. The van der Waals surface area contributed by atoms with E-state index < -0.39 is 41.4 Å². The Balaban J connectivity index is 2.14. The van der Waals surface area contributed by atoms with E-state index in [2.05, 4.69) is 21.1 Å². The Kier molecular flexibility index (Phi) is 9.96. The summed E-state index contributed by atoms with van der Waals surface area (Å²) in [5.41, 5.74) is -0.853. The van der Waals surface area contributed by atoms with Crippen LogP contribution in [-0.4, -0.2) is 72.7 Å². The monoisotopic (exact) mass is 494 g/mol. The maximum absolute atomic E-state index is 13.3. The number of ether oxygens (including phenoxy) is 2. The summed E-state index contributed by atoms with van der Waals surface area (Å²) in [6.07, 6.45) is 1.05. The molecule has 1 fully saturated rings. The second-order valence-corrected chi connectivity index (χ2v) is 9.75. The smallest absolute Gasteiger partial charge is 0.274 e. The number of methoxy groups -OCH3 is 1. The van der Waals surface area contributed by atoms with Gasteiger partial charge in [0.1, 0.15) is 23.4 Å². The zero-order chi connectivity index (χ0) is 26.3. The fourth-order valence-electron chi connectivity index (χ4n) is 3.59. The first-order chi connectivity index (χ1) is 16.4. The Morgan fingerprint density at radius 2 is 1.77 bits per heavy atom. The van der Waals surface area contributed by atoms with Gasteiger partial charge in [-0.15, -0.1) is 0 Å². The molecular formula is C24H38N4O7. The largest absolute Gasteiger partial charge is 0.382 e. The predicted molar refractivity (Wildman–Crippen MR) is 127 cm³/mol. The van der Waals surface area contributed by atoms with Crippen molar-refractivity contribution in [3.05, 3.63) is 17.5 Å². The summed E-state index contributed by atoms with van der Waals surface area (Å²) in [5.74, 6) is -1.48. The summed E-state index contributed by atoms with van der Waals surface area (Å²) < 4.78 is 15.3. The number of nitrogens with zero attached hydrogens (tertiary/aromatic N) is 1. The van der Waals surface area contributed by atoms with E-state index in [4.69, 9.17) is 14.0 Å². The quantitative estimate of drug-likeness (QED) is 0.326. The molecule has 0 radical (unpaired) electrons. The molecule has 1 aliphatic rings. The van der Waals surface area contributed by atoms with Crippen LogP contribution >= 0.6 is 0 Å². The van der Waals surface area contributed by atoms with Gasteiger partial charge in [-0.25, -0.2) is 0 Å². The normalized spacial score (nSPS) is 20.5. The number of amides is 3. The third kappa shape index (κ3) is 7.86. The van der Waals surface area contributed by atoms with Gasteiger partial charge in [-0.1, -0.05) is 39.3 Å². The summed E-state index contributed by atoms with van der Waals surface area (Å²) in [5, 5.41) is 11.8. The first kappa shape index (κ1) is 28.4. The van der Waals surface area contributed by atoms with E-state index in [1.54, 1.807) is 13.8 Å². The van der Waals surface area contributed by atoms with E-state index >= 15 is 0 Å². The molecule has 0 aromatic carbocycles. The van der Waals surface area contributed by atoms with Gasteiger partial charge in [0.15, 0.2) is 11.5 Å². The summed E-state index contributed by atoms with van der Waals surface area (Å²) in [6.45, 7) is 11.2. The number of ketones is 1. The molecule has 0 bridgehead atoms. The van der Waals surface area contributed by atoms with Crippen LogP contribution in [0, 0.1) is 18.8 Å². The maximum atomic E-state index is 13.3. The number of hydrogen-bond donors (Lipinski definition) is 3. The molecule has 0 unspecified atom stereocenters. The second-order valence-electron chi connectivity index (χ2n) is 9.75. The lowest BCUT2D eigenvalue weighted by Crippen LogP contribution is -2.59. The highest BCUT2D eigenvalue weighted by Gasteiger charge is 2.50. The molecule has 3 N–H and O–H groups in total. The van der Waals surface area contributed by atoms with Gasteiger partial charge in [0.25, 0.3) is 5.91 Å². The molecule has 2 heterocycles. The standard InChI is InChI=1S/C24H38N4O7/c1-8-14(4)19(23(32)25-16(9-13(2)3)20(29)24(6)12-34-24)27-22(31)18(11-33-7)26-21(30)17-10-15(5)35-28-17/h10,13-14,16,18-19H,8-9,11-12H2,1-7H3,(H,25,32)(H,26,30)(H,27,31)/t14-,16-,18-,19-,24-/m0/s1. The third-order valence-corrected chi connectivity index (χ3v) is 6.05. The summed E-state index contributed by atoms with van der Waals surface area (Å²) in [4.78, 5) is 51.8. The first-order valence-electron chi connectivity index (χ1n) is 11.9. The van der Waals surface area contributed by atoms with Gasteiger partial charge in [0.05, 0.1) is 19.3 Å². The summed E-state index contributed by atoms with van der Waals surface area (Å²) in [6, 6.07) is -1.28. The minimum absolute atomic E-state index is 0.0263. The molecule has 0 aliphatic carbocycles. The minimum atomic E-state index is -1.07. The molecule has 0 saturated carbocycles. The molecule has 11 nitrogen and oxygen atoms in total. The lowest BCUT2D eigenvalue weighted by atomic mass is 9.92. The van der Waals surface area contributed by atoms with Crippen molar-refractivity contribution >= 4 is 23.5 Å². The van der Waals surface area contributed by atoms with Crippen LogP contribution in [0.1, 0.15) is 63.7 Å². The first-order valence-corrected chi connectivity index (χ1v) is 11.9. The van der Waals surface area contributed by atoms with Crippen LogP contribution in [0.25, 0.3) is 0 Å². The van der Waals surface area contributed by atoms with Crippen LogP contribution < -0.4 is 16.0 Å². The van der Waals surface area contributed by atoms with E-state index in [0.717, 1.165) is 0 Å². The van der Waals surface area contributed by atoms with E-state index in [1.807, 2.05) is 27.7 Å². The highest BCUT2D eigenvalue weighted by Crippen LogP contribution is 2.29. The molecule has 35 heavy (non-hydrogen) atoms. The average Bonchev–Trinajstić information content (AvgIpc) is 3.40. The van der Waals surface area contributed by atoms with Crippen molar-refractivity contribution in [1.29, 1.82) is 0 Å². The van der Waals surface area contributed by atoms with Gasteiger partial charge in [-0.05, 0) is 32.1 Å². The van der Waals surface area contributed by atoms with E-state index in [-0.39, 0.29) is 29.9 Å².